The molecule has 0 aliphatic heterocycles. The molecule has 0 bridgehead atoms. The molecule has 0 saturated heterocycles. The van der Waals surface area contributed by atoms with Crippen LogP contribution in [0.5, 0.6) is 5.75 Å². The summed E-state index contributed by atoms with van der Waals surface area (Å²) in [5.74, 6) is 0.915. The van der Waals surface area contributed by atoms with Crippen LogP contribution < -0.4 is 10.5 Å². The predicted octanol–water partition coefficient (Wildman–Crippen LogP) is 5.40. The predicted molar refractivity (Wildman–Crippen MR) is 107 cm³/mol. The summed E-state index contributed by atoms with van der Waals surface area (Å²) >= 11 is 6.34. The number of H-pyrrole nitrogens is 1. The van der Waals surface area contributed by atoms with Crippen molar-refractivity contribution >= 4 is 22.5 Å². The maximum absolute atomic E-state index is 6.34. The van der Waals surface area contributed by atoms with Gasteiger partial charge in [0.05, 0.1) is 12.8 Å². The van der Waals surface area contributed by atoms with Crippen LogP contribution in [-0.4, -0.2) is 18.6 Å². The summed E-state index contributed by atoms with van der Waals surface area (Å²) in [5.41, 5.74) is 12.6. The standard InChI is InChI=1S/C21H25ClN2O/c1-13-7-6-9-17(21(13)25-3)20-16(8-4-5-10-23)18-12-15(22)11-14(2)19(18)24-20/h6-7,9,11-12,24H,4-5,8,10,23H2,1-3H3. The molecule has 0 radical (unpaired) electrons. The Bertz CT molecular complexity index is 899. The highest BCUT2D eigenvalue weighted by atomic mass is 35.5. The zero-order valence-corrected chi connectivity index (χ0v) is 15.8. The van der Waals surface area contributed by atoms with E-state index in [4.69, 9.17) is 22.1 Å². The lowest BCUT2D eigenvalue weighted by Crippen LogP contribution is -1.99. The number of benzene rings is 2. The van der Waals surface area contributed by atoms with Gasteiger partial charge in [0.1, 0.15) is 5.75 Å². The molecular weight excluding hydrogens is 332 g/mol. The zero-order valence-electron chi connectivity index (χ0n) is 15.1. The van der Waals surface area contributed by atoms with Crippen molar-refractivity contribution in [3.8, 4) is 17.0 Å². The Morgan fingerprint density at radius 2 is 1.92 bits per heavy atom. The molecule has 4 heteroatoms. The molecule has 0 fully saturated rings. The lowest BCUT2D eigenvalue weighted by molar-refractivity contribution is 0.413. The largest absolute Gasteiger partial charge is 0.496 e. The molecule has 0 spiro atoms. The molecule has 1 aromatic heterocycles. The number of para-hydroxylation sites is 1. The average molecular weight is 357 g/mol. The first-order valence-corrected chi connectivity index (χ1v) is 9.09. The van der Waals surface area contributed by atoms with Gasteiger partial charge in [-0.05, 0) is 74.5 Å². The number of aryl methyl sites for hydroxylation is 3. The van der Waals surface area contributed by atoms with Crippen LogP contribution in [0.1, 0.15) is 29.5 Å². The quantitative estimate of drug-likeness (QED) is 0.581. The number of unbranched alkanes of at least 4 members (excludes halogenated alkanes) is 1. The van der Waals surface area contributed by atoms with E-state index in [-0.39, 0.29) is 0 Å². The van der Waals surface area contributed by atoms with Crippen LogP contribution in [0.2, 0.25) is 5.02 Å². The van der Waals surface area contributed by atoms with Crippen molar-refractivity contribution in [2.24, 2.45) is 5.73 Å². The van der Waals surface area contributed by atoms with E-state index in [0.717, 1.165) is 57.9 Å². The van der Waals surface area contributed by atoms with Gasteiger partial charge in [-0.15, -0.1) is 0 Å². The van der Waals surface area contributed by atoms with Gasteiger partial charge in [-0.2, -0.15) is 0 Å². The molecule has 3 N–H and O–H groups in total. The Morgan fingerprint density at radius 1 is 1.12 bits per heavy atom. The fraction of sp³-hybridized carbons (Fsp3) is 0.333. The average Bonchev–Trinajstić information content (AvgIpc) is 2.94. The summed E-state index contributed by atoms with van der Waals surface area (Å²) in [7, 11) is 1.73. The first-order chi connectivity index (χ1) is 12.1. The second kappa shape index (κ2) is 7.51. The van der Waals surface area contributed by atoms with Crippen molar-refractivity contribution in [2.45, 2.75) is 33.1 Å². The van der Waals surface area contributed by atoms with Gasteiger partial charge in [0.15, 0.2) is 0 Å². The number of nitrogens with two attached hydrogens (primary N) is 1. The van der Waals surface area contributed by atoms with Crippen LogP contribution in [-0.2, 0) is 6.42 Å². The molecule has 0 aliphatic rings. The highest BCUT2D eigenvalue weighted by molar-refractivity contribution is 6.31. The second-order valence-electron chi connectivity index (χ2n) is 6.53. The molecular formula is C21H25ClN2O. The Kier molecular flexibility index (Phi) is 5.36. The lowest BCUT2D eigenvalue weighted by Gasteiger charge is -2.12. The number of nitrogens with one attached hydrogen (secondary N) is 1. The van der Waals surface area contributed by atoms with E-state index in [1.165, 1.54) is 10.9 Å². The monoisotopic (exact) mass is 356 g/mol. The van der Waals surface area contributed by atoms with Crippen molar-refractivity contribution in [3.05, 3.63) is 52.0 Å². The number of aromatic nitrogens is 1. The molecule has 2 aromatic carbocycles. The molecule has 0 aliphatic carbocycles. The van der Waals surface area contributed by atoms with Crippen LogP contribution in [0.4, 0.5) is 0 Å². The highest BCUT2D eigenvalue weighted by Crippen LogP contribution is 2.39. The topological polar surface area (TPSA) is 51.0 Å². The third-order valence-electron chi connectivity index (χ3n) is 4.74. The minimum absolute atomic E-state index is 0.714. The van der Waals surface area contributed by atoms with Gasteiger partial charge in [-0.1, -0.05) is 23.7 Å². The molecule has 1 heterocycles. The maximum Gasteiger partial charge on any atom is 0.131 e. The number of halogens is 1. The molecule has 3 aromatic rings. The van der Waals surface area contributed by atoms with Crippen molar-refractivity contribution in [3.63, 3.8) is 0 Å². The van der Waals surface area contributed by atoms with E-state index in [1.54, 1.807) is 7.11 Å². The van der Waals surface area contributed by atoms with E-state index in [1.807, 2.05) is 6.07 Å². The number of methoxy groups -OCH3 is 1. The van der Waals surface area contributed by atoms with Gasteiger partial charge in [0.2, 0.25) is 0 Å². The molecule has 3 nitrogen and oxygen atoms in total. The third kappa shape index (κ3) is 3.39. The Balaban J connectivity index is 2.25. The fourth-order valence-electron chi connectivity index (χ4n) is 3.54. The minimum atomic E-state index is 0.714. The van der Waals surface area contributed by atoms with E-state index < -0.39 is 0 Å². The van der Waals surface area contributed by atoms with Gasteiger partial charge < -0.3 is 15.5 Å². The van der Waals surface area contributed by atoms with Crippen LogP contribution in [0.25, 0.3) is 22.2 Å². The van der Waals surface area contributed by atoms with Crippen LogP contribution in [0.3, 0.4) is 0 Å². The van der Waals surface area contributed by atoms with Crippen LogP contribution >= 0.6 is 11.6 Å². The molecule has 0 saturated carbocycles. The van der Waals surface area contributed by atoms with Crippen molar-refractivity contribution in [1.82, 2.24) is 4.98 Å². The molecule has 0 unspecified atom stereocenters. The fourth-order valence-corrected chi connectivity index (χ4v) is 3.81. The van der Waals surface area contributed by atoms with Crippen molar-refractivity contribution in [2.75, 3.05) is 13.7 Å². The van der Waals surface area contributed by atoms with Crippen LogP contribution in [0.15, 0.2) is 30.3 Å². The minimum Gasteiger partial charge on any atom is -0.496 e. The SMILES string of the molecule is COc1c(C)cccc1-c1[nH]c2c(C)cc(Cl)cc2c1CCCCN. The number of fused-ring (bicyclic) bond motifs is 1. The van der Waals surface area contributed by atoms with Gasteiger partial charge in [-0.3, -0.25) is 0 Å². The van der Waals surface area contributed by atoms with Gasteiger partial charge in [0.25, 0.3) is 0 Å². The summed E-state index contributed by atoms with van der Waals surface area (Å²) in [6.07, 6.45) is 3.02. The first-order valence-electron chi connectivity index (χ1n) is 8.71. The number of aromatic amines is 1. The second-order valence-corrected chi connectivity index (χ2v) is 6.96. The normalized spacial score (nSPS) is 11.2. The lowest BCUT2D eigenvalue weighted by atomic mass is 9.98. The van der Waals surface area contributed by atoms with E-state index in [2.05, 4.69) is 43.1 Å². The first kappa shape index (κ1) is 17.8. The summed E-state index contributed by atoms with van der Waals surface area (Å²) in [5, 5.41) is 1.97. The zero-order chi connectivity index (χ0) is 18.0. The number of rotatable bonds is 6. The summed E-state index contributed by atoms with van der Waals surface area (Å²) in [6.45, 7) is 4.87. The number of hydrogen-bond donors (Lipinski definition) is 2. The smallest absolute Gasteiger partial charge is 0.131 e. The number of ether oxygens (including phenoxy) is 1. The third-order valence-corrected chi connectivity index (χ3v) is 4.96. The van der Waals surface area contributed by atoms with Gasteiger partial charge >= 0.3 is 0 Å². The van der Waals surface area contributed by atoms with Crippen molar-refractivity contribution in [1.29, 1.82) is 0 Å². The Labute approximate surface area is 154 Å². The van der Waals surface area contributed by atoms with Gasteiger partial charge in [0, 0.05) is 21.5 Å². The molecule has 25 heavy (non-hydrogen) atoms. The summed E-state index contributed by atoms with van der Waals surface area (Å²) in [4.78, 5) is 3.63. The summed E-state index contributed by atoms with van der Waals surface area (Å²) in [6, 6.07) is 10.3. The number of hydrogen-bond acceptors (Lipinski definition) is 2. The molecule has 132 valence electrons. The van der Waals surface area contributed by atoms with E-state index >= 15 is 0 Å². The van der Waals surface area contributed by atoms with Crippen molar-refractivity contribution < 1.29 is 4.74 Å². The van der Waals surface area contributed by atoms with Crippen LogP contribution in [0, 0.1) is 13.8 Å². The highest BCUT2D eigenvalue weighted by Gasteiger charge is 2.18. The Hall–Kier alpha value is -1.97. The maximum atomic E-state index is 6.34. The molecule has 0 atom stereocenters. The summed E-state index contributed by atoms with van der Waals surface area (Å²) < 4.78 is 5.70. The van der Waals surface area contributed by atoms with E-state index in [9.17, 15) is 0 Å². The molecule has 0 amide bonds. The Morgan fingerprint density at radius 3 is 2.64 bits per heavy atom. The van der Waals surface area contributed by atoms with Gasteiger partial charge in [-0.25, -0.2) is 0 Å². The van der Waals surface area contributed by atoms with E-state index in [0.29, 0.717) is 6.54 Å². The molecule has 3 rings (SSSR count).